The van der Waals surface area contributed by atoms with Crippen molar-refractivity contribution >= 4 is 65.4 Å². The number of nitrogens with zero attached hydrogens (tertiary/aromatic N) is 5. The first kappa shape index (κ1) is 32.1. The highest BCUT2D eigenvalue weighted by atomic mass is 15.4. The summed E-state index contributed by atoms with van der Waals surface area (Å²) in [6.45, 7) is 4.76. The fourth-order valence-electron chi connectivity index (χ4n) is 12.8. The molecule has 288 valence electrons. The van der Waals surface area contributed by atoms with Gasteiger partial charge in [0.2, 0.25) is 0 Å². The molecule has 0 saturated carbocycles. The summed E-state index contributed by atoms with van der Waals surface area (Å²) in [6, 6.07) is 66.9. The lowest BCUT2D eigenvalue weighted by Gasteiger charge is -2.39. The zero-order valence-electron chi connectivity index (χ0n) is 34.1. The monoisotopic (exact) mass is 791 g/mol. The van der Waals surface area contributed by atoms with Gasteiger partial charge in [-0.05, 0) is 82.9 Å². The third-order valence-corrected chi connectivity index (χ3v) is 15.4. The summed E-state index contributed by atoms with van der Waals surface area (Å²) in [5.74, 6) is 2.77. The van der Waals surface area contributed by atoms with Crippen molar-refractivity contribution < 1.29 is 9.13 Å². The molecular weight excluding hydrogens is 755 g/mol. The van der Waals surface area contributed by atoms with E-state index in [2.05, 4.69) is 213 Å². The zero-order valence-corrected chi connectivity index (χ0v) is 34.1. The topological polar surface area (TPSA) is 22.5 Å². The van der Waals surface area contributed by atoms with Crippen LogP contribution in [0.5, 0.6) is 0 Å². The molecule has 0 N–H and O–H groups in total. The Hall–Kier alpha value is -7.76. The molecule has 4 aliphatic heterocycles. The molecule has 9 heterocycles. The van der Waals surface area contributed by atoms with E-state index in [4.69, 9.17) is 0 Å². The van der Waals surface area contributed by atoms with Gasteiger partial charge in [-0.2, -0.15) is 18.3 Å². The van der Waals surface area contributed by atoms with Crippen molar-refractivity contribution in [3.05, 3.63) is 209 Å². The third-order valence-electron chi connectivity index (χ3n) is 15.4. The number of benzene rings is 7. The molecule has 5 nitrogen and oxygen atoms in total. The normalized spacial score (nSPS) is 16.8. The molecule has 3 atom stereocenters. The van der Waals surface area contributed by atoms with Crippen LogP contribution in [0.25, 0.3) is 94.1 Å². The Kier molecular flexibility index (Phi) is 5.47. The van der Waals surface area contributed by atoms with Crippen LogP contribution in [0.3, 0.4) is 0 Å². The van der Waals surface area contributed by atoms with E-state index in [-0.39, 0.29) is 11.8 Å². The van der Waals surface area contributed by atoms with Gasteiger partial charge in [-0.3, -0.25) is 0 Å². The van der Waals surface area contributed by atoms with E-state index < -0.39 is 5.66 Å². The molecule has 0 bridgehead atoms. The highest BCUT2D eigenvalue weighted by Gasteiger charge is 2.68. The molecule has 0 fully saturated rings. The van der Waals surface area contributed by atoms with Gasteiger partial charge in [0.25, 0.3) is 11.6 Å². The van der Waals surface area contributed by atoms with Crippen LogP contribution in [0.4, 0.5) is 0 Å². The van der Waals surface area contributed by atoms with E-state index in [1.165, 1.54) is 128 Å². The molecule has 7 aromatic carbocycles. The summed E-state index contributed by atoms with van der Waals surface area (Å²) in [6.07, 6.45) is 0. The Bertz CT molecular complexity index is 4050. The van der Waals surface area contributed by atoms with Gasteiger partial charge in [-0.15, -0.1) is 0 Å². The number of fused-ring (bicyclic) bond motifs is 13. The number of rotatable bonds is 4. The van der Waals surface area contributed by atoms with Crippen molar-refractivity contribution in [3.63, 3.8) is 0 Å². The van der Waals surface area contributed by atoms with Gasteiger partial charge in [0.05, 0.1) is 16.7 Å². The van der Waals surface area contributed by atoms with Crippen LogP contribution in [0.15, 0.2) is 176 Å². The average Bonchev–Trinajstić information content (AvgIpc) is 4.05. The number of hydrogen-bond donors (Lipinski definition) is 0. The van der Waals surface area contributed by atoms with Crippen LogP contribution in [0.2, 0.25) is 0 Å². The van der Waals surface area contributed by atoms with E-state index in [9.17, 15) is 0 Å². The molecule has 0 radical (unpaired) electrons. The molecule has 12 aromatic rings. The summed E-state index contributed by atoms with van der Waals surface area (Å²) in [4.78, 5) is 0. The summed E-state index contributed by atoms with van der Waals surface area (Å²) in [7, 11) is 0. The van der Waals surface area contributed by atoms with Crippen molar-refractivity contribution in [2.24, 2.45) is 0 Å². The lowest BCUT2D eigenvalue weighted by Crippen LogP contribution is -2.76. The van der Waals surface area contributed by atoms with Gasteiger partial charge in [0.1, 0.15) is 22.2 Å². The van der Waals surface area contributed by atoms with E-state index in [1.54, 1.807) is 0 Å². The third kappa shape index (κ3) is 3.35. The van der Waals surface area contributed by atoms with Crippen molar-refractivity contribution in [1.29, 1.82) is 0 Å². The molecule has 0 aliphatic carbocycles. The van der Waals surface area contributed by atoms with Gasteiger partial charge in [-0.25, -0.2) is 0 Å². The van der Waals surface area contributed by atoms with E-state index in [1.807, 2.05) is 0 Å². The number of pyridine rings is 2. The maximum absolute atomic E-state index is 2.78. The van der Waals surface area contributed by atoms with Crippen molar-refractivity contribution in [2.75, 3.05) is 0 Å². The Morgan fingerprint density at radius 3 is 1.34 bits per heavy atom. The molecule has 5 heteroatoms. The predicted molar refractivity (Wildman–Crippen MR) is 248 cm³/mol. The molecule has 5 aromatic heterocycles. The van der Waals surface area contributed by atoms with Crippen LogP contribution in [-0.4, -0.2) is 13.7 Å². The second kappa shape index (κ2) is 10.6. The van der Waals surface area contributed by atoms with Gasteiger partial charge >= 0.3 is 5.66 Å². The average molecular weight is 792 g/mol. The largest absolute Gasteiger partial charge is 0.319 e. The molecule has 4 aliphatic rings. The van der Waals surface area contributed by atoms with E-state index in [0.29, 0.717) is 0 Å². The van der Waals surface area contributed by atoms with Crippen molar-refractivity contribution in [2.45, 2.75) is 31.3 Å². The number of aromatic nitrogens is 5. The zero-order chi connectivity index (χ0) is 40.3. The fourth-order valence-corrected chi connectivity index (χ4v) is 12.8. The molecule has 16 rings (SSSR count). The Balaban J connectivity index is 1.21. The first-order valence-corrected chi connectivity index (χ1v) is 22.0. The smallest absolute Gasteiger partial charge is 0.308 e. The first-order valence-electron chi connectivity index (χ1n) is 22.0. The second-order valence-corrected chi connectivity index (χ2v) is 18.1. The number of hydrogen-bond acceptors (Lipinski definition) is 0. The Morgan fingerprint density at radius 1 is 0.371 bits per heavy atom. The highest BCUT2D eigenvalue weighted by molar-refractivity contribution is 6.23. The SMILES string of the molecule is CC(c1ccccc1)c1cc2[n+]3c(c1)-n1c4ccccc4c4ccc5c(c41)C31c3c4c(cc6c7ccccc7n(c36)-c3cc(C(C)c6ccccc6)cc-2[n+]31)c1ccccc1n4-5. The lowest BCUT2D eigenvalue weighted by molar-refractivity contribution is -0.934. The van der Waals surface area contributed by atoms with Crippen molar-refractivity contribution in [1.82, 2.24) is 13.7 Å². The maximum Gasteiger partial charge on any atom is 0.319 e. The van der Waals surface area contributed by atoms with E-state index in [0.717, 1.165) is 0 Å². The summed E-state index contributed by atoms with van der Waals surface area (Å²) >= 11 is 0. The molecule has 0 saturated heterocycles. The summed E-state index contributed by atoms with van der Waals surface area (Å²) in [5, 5.41) is 7.77. The van der Waals surface area contributed by atoms with Gasteiger partial charge in [-0.1, -0.05) is 117 Å². The van der Waals surface area contributed by atoms with Crippen LogP contribution >= 0.6 is 0 Å². The molecular formula is C57H37N5+2. The lowest BCUT2D eigenvalue weighted by atomic mass is 9.80. The van der Waals surface area contributed by atoms with Crippen molar-refractivity contribution in [3.8, 4) is 28.7 Å². The Morgan fingerprint density at radius 2 is 0.806 bits per heavy atom. The van der Waals surface area contributed by atoms with E-state index >= 15 is 0 Å². The minimum absolute atomic E-state index is 0.172. The second-order valence-electron chi connectivity index (χ2n) is 18.1. The number of para-hydroxylation sites is 3. The van der Waals surface area contributed by atoms with Crippen LogP contribution in [0, 0.1) is 0 Å². The van der Waals surface area contributed by atoms with Gasteiger partial charge in [0.15, 0.2) is 22.4 Å². The standard InChI is InChI=1S/C57H37N5/c1-32(34-15-5-3-6-16-34)36-27-48-49-28-37(33(2)35-17-7-4-8-18-35)30-51-60-46-24-14-11-21-40(46)43-31-42-39-20-10-12-22-44(39)58-47-26-25-41-38-19-9-13-23-45(38)59-50(29-36)61(48)57(62(49)51,52(47)54(41)59)53(55(42)58)56(43)60/h3-33H,1-2H3/q+2. The summed E-state index contributed by atoms with van der Waals surface area (Å²) < 4.78 is 13.4. The van der Waals surface area contributed by atoms with Crippen LogP contribution < -0.4 is 9.13 Å². The first-order chi connectivity index (χ1) is 30.6. The molecule has 0 amide bonds. The minimum Gasteiger partial charge on any atom is -0.308 e. The van der Waals surface area contributed by atoms with Crippen LogP contribution in [0.1, 0.15) is 59.1 Å². The molecule has 1 spiro atoms. The molecule has 3 unspecified atom stereocenters. The highest BCUT2D eigenvalue weighted by Crippen LogP contribution is 2.58. The van der Waals surface area contributed by atoms with Crippen LogP contribution in [-0.2, 0) is 5.66 Å². The summed E-state index contributed by atoms with van der Waals surface area (Å²) in [5.41, 5.74) is 18.6. The fraction of sp³-hybridized carbons (Fsp3) is 0.0877. The Labute approximate surface area is 356 Å². The maximum atomic E-state index is 2.78. The van der Waals surface area contributed by atoms with Gasteiger partial charge in [0, 0.05) is 56.3 Å². The van der Waals surface area contributed by atoms with Gasteiger partial charge < -0.3 is 4.57 Å². The molecule has 62 heavy (non-hydrogen) atoms. The minimum atomic E-state index is -0.718. The quantitative estimate of drug-likeness (QED) is 0.158. The predicted octanol–water partition coefficient (Wildman–Crippen LogP) is 12.1.